The summed E-state index contributed by atoms with van der Waals surface area (Å²) in [4.78, 5) is 3.19. The van der Waals surface area contributed by atoms with Crippen molar-refractivity contribution in [1.29, 1.82) is 0 Å². The van der Waals surface area contributed by atoms with Gasteiger partial charge in [-0.25, -0.2) is 0 Å². The molecule has 143 heavy (non-hydrogen) atoms. The lowest BCUT2D eigenvalue weighted by molar-refractivity contribution is 0.206. The molecule has 5 heteroatoms. The molecule has 0 amide bonds. The molecule has 1 fully saturated rings. The zero-order valence-electron chi connectivity index (χ0n) is 82.7. The highest BCUT2D eigenvalue weighted by Crippen LogP contribution is 2.88. The number of benzene rings is 22. The number of rotatable bonds is 49. The molecule has 1 saturated heterocycles. The number of likely N-dealkylation sites (tertiary alicyclic amines) is 1. The summed E-state index contributed by atoms with van der Waals surface area (Å²) >= 11 is 0. The Kier molecular flexibility index (Phi) is 14.8. The van der Waals surface area contributed by atoms with Crippen LogP contribution < -0.4 is 18.9 Å². The van der Waals surface area contributed by atoms with Gasteiger partial charge >= 0.3 is 0 Å². The monoisotopic (exact) mass is 1850 g/mol. The second kappa shape index (κ2) is 26.9. The molecule has 32 aromatic carbocycles. The maximum atomic E-state index is 8.25. The molecule has 0 bridgehead atoms. The normalized spacial score (nSPS) is 18.1. The Labute approximate surface area is 827 Å². The summed E-state index contributed by atoms with van der Waals surface area (Å²) < 4.78 is 30.9. The van der Waals surface area contributed by atoms with Gasteiger partial charge in [0.2, 0.25) is 0 Å². The molecule has 1 aliphatic heterocycles. The van der Waals surface area contributed by atoms with Gasteiger partial charge in [-0.15, -0.1) is 5.73 Å². The van der Waals surface area contributed by atoms with Crippen LogP contribution in [-0.4, -0.2) is 37.9 Å². The summed E-state index contributed by atoms with van der Waals surface area (Å²) in [6.07, 6.45) is 59.8. The highest BCUT2D eigenvalue weighted by Gasteiger charge is 2.77. The summed E-state index contributed by atoms with van der Waals surface area (Å²) in [7, 11) is 0. The second-order valence-electron chi connectivity index (χ2n) is 47.3. The lowest BCUT2D eigenvalue weighted by Gasteiger charge is -2.52. The van der Waals surface area contributed by atoms with Crippen LogP contribution in [0.5, 0.6) is 23.0 Å². The largest absolute Gasteiger partial charge is 0.493 e. The molecule has 5 nitrogen and oxygen atoms in total. The number of hydrogen-bond acceptors (Lipinski definition) is 5. The van der Waals surface area contributed by atoms with Crippen molar-refractivity contribution in [2.24, 2.45) is 0 Å². The molecule has 6 aliphatic rings. The van der Waals surface area contributed by atoms with Crippen molar-refractivity contribution in [3.8, 4) is 23.0 Å². The van der Waals surface area contributed by atoms with Crippen molar-refractivity contribution in [3.05, 3.63) is 176 Å². The van der Waals surface area contributed by atoms with Gasteiger partial charge in [0, 0.05) is 35.9 Å². The second-order valence-corrected chi connectivity index (χ2v) is 47.3. The van der Waals surface area contributed by atoms with E-state index in [0.717, 1.165) is 84.8 Å². The molecule has 1 heterocycles. The third-order valence-corrected chi connectivity index (χ3v) is 40.5. The maximum Gasteiger partial charge on any atom is 0.127 e. The molecule has 692 valence electrons. The highest BCUT2D eigenvalue weighted by molar-refractivity contribution is 6.82. The zero-order valence-corrected chi connectivity index (χ0v) is 82.7. The molecule has 1 unspecified atom stereocenters. The van der Waals surface area contributed by atoms with Crippen LogP contribution in [0.1, 0.15) is 300 Å². The van der Waals surface area contributed by atoms with Crippen LogP contribution in [0.25, 0.3) is 321 Å². The van der Waals surface area contributed by atoms with Gasteiger partial charge in [-0.1, -0.05) is 292 Å². The van der Waals surface area contributed by atoms with E-state index in [4.69, 9.17) is 18.9 Å². The first-order valence-corrected chi connectivity index (χ1v) is 56.7. The molecule has 1 atom stereocenters. The zero-order chi connectivity index (χ0) is 92.5. The van der Waals surface area contributed by atoms with E-state index in [2.05, 4.69) is 160 Å². The van der Waals surface area contributed by atoms with Crippen molar-refractivity contribution >= 4 is 321 Å². The summed E-state index contributed by atoms with van der Waals surface area (Å²) in [5, 5.41) is 88.0. The molecule has 38 rings (SSSR count). The topological polar surface area (TPSA) is 40.2 Å². The predicted molar refractivity (Wildman–Crippen MR) is 613 cm³/mol. The van der Waals surface area contributed by atoms with Gasteiger partial charge in [-0.2, -0.15) is 0 Å². The standard InChI is InChI=1S/C138H111NO4/c1-5-9-13-17-21-23-25-27-31-35-55-140-73-59-71(60-74(62-73)141-56-36-32-28-26-24-22-18-14-10-6-2)64-139-65-137-132-124-116-106-96-88-80-78-79-82-86-84(80)92-100-94(86)104-98-90(82)91-83(79)87-85-81(78)89(88)97-103-93(85)101-95(87)105-99(91)109-108(98)120-114(104)122-112(100)118(110(116)102(92)96)126(132)128(122)134-130(120)131-121(109)115(105)123-113(101)119-111(103)117(107(97)106)125(124)133(137)127(119)129(123)135(131)138(134,137)136(139)75-63-76(142-57-37-29-19-15-11-7-3)72(61-77(75)143-58-38-30-20-16-12-8-4)54-53-70-51-49-69(50-52-70)48-47-68-45-43-67(44-46-68)42-41-66-39-33-34-40-66/h33-34,39,41-54,59-63,136H,5-32,35-38,55-58,64-65H2,1-4H3/b42-41+,48-47+,54-53+. The number of ether oxygens (including phenoxy) is 4. The lowest BCUT2D eigenvalue weighted by atomic mass is 9.47. The summed E-state index contributed by atoms with van der Waals surface area (Å²) in [6, 6.07) is 30.4. The molecular weight excluding hydrogens is 1740 g/mol. The Morgan fingerprint density at radius 2 is 0.524 bits per heavy atom. The van der Waals surface area contributed by atoms with E-state index in [1.807, 2.05) is 12.2 Å². The molecule has 0 saturated carbocycles. The minimum Gasteiger partial charge on any atom is -0.493 e. The van der Waals surface area contributed by atoms with Crippen LogP contribution in [0.15, 0.2) is 114 Å². The van der Waals surface area contributed by atoms with Gasteiger partial charge < -0.3 is 18.9 Å². The average molecular weight is 1850 g/mol. The molecule has 2 spiro atoms. The first-order valence-electron chi connectivity index (χ1n) is 56.7. The highest BCUT2D eigenvalue weighted by atomic mass is 16.5. The average Bonchev–Trinajstić information content (AvgIpc) is 1.38. The Morgan fingerprint density at radius 1 is 0.266 bits per heavy atom. The van der Waals surface area contributed by atoms with Gasteiger partial charge in [-0.3, -0.25) is 4.90 Å². The van der Waals surface area contributed by atoms with Crippen LogP contribution in [0.2, 0.25) is 0 Å². The van der Waals surface area contributed by atoms with Gasteiger partial charge in [0.1, 0.15) is 23.0 Å². The summed E-state index contributed by atoms with van der Waals surface area (Å²) in [5.74, 6) is 3.89. The lowest BCUT2D eigenvalue weighted by Crippen LogP contribution is -2.52. The van der Waals surface area contributed by atoms with E-state index >= 15 is 0 Å². The fourth-order valence-corrected chi connectivity index (χ4v) is 35.9. The summed E-state index contributed by atoms with van der Waals surface area (Å²) in [5.41, 5.74) is 18.2. The Hall–Kier alpha value is -13.0. The van der Waals surface area contributed by atoms with Crippen LogP contribution in [-0.2, 0) is 17.4 Å². The number of hydrogen-bond donors (Lipinski definition) is 0. The Balaban J connectivity index is 0.605. The van der Waals surface area contributed by atoms with Gasteiger partial charge in [0.05, 0.1) is 43.3 Å². The van der Waals surface area contributed by atoms with Crippen molar-refractivity contribution in [3.63, 3.8) is 0 Å². The molecule has 0 aromatic heterocycles. The fraction of sp³-hybridized carbons (Fsp3) is 0.326. The maximum absolute atomic E-state index is 8.25. The van der Waals surface area contributed by atoms with Gasteiger partial charge in [0.15, 0.2) is 0 Å². The van der Waals surface area contributed by atoms with E-state index in [-0.39, 0.29) is 6.04 Å². The Bertz CT molecular complexity index is 10200. The van der Waals surface area contributed by atoms with E-state index in [0.29, 0.717) is 33.0 Å². The number of unbranched alkanes of at least 4 members (excludes halogenated alkanes) is 28. The van der Waals surface area contributed by atoms with Gasteiger partial charge in [-0.05, 0) is 409 Å². The number of nitrogens with zero attached hydrogens (tertiary/aromatic N) is 1. The first-order chi connectivity index (χ1) is 71.0. The summed E-state index contributed by atoms with van der Waals surface area (Å²) in [6.45, 7) is 13.6. The van der Waals surface area contributed by atoms with Crippen LogP contribution in [0, 0.1) is 0 Å². The molecule has 5 aliphatic carbocycles. The van der Waals surface area contributed by atoms with E-state index in [1.54, 1.807) is 313 Å². The predicted octanol–water partition coefficient (Wildman–Crippen LogP) is 39.6. The number of allylic oxidation sites excluding steroid dienone is 4. The SMILES string of the molecule is CCCCCCCCCCCCOc1cc(CN2CC34c5c6c7c8c9c%10c(c%11c%12c3c3c5c5c%13c6c6c7c7c9c9c%14c%10c%10c%11c%11c%12c%12c3c3c5c5c%13c%13c6c6c7c9c7c9c%14c%10c%10c%11c%11c%12c3c3c5c5c%13c6c7c6c9c%10c%11c3c56)C84C2c2cc(OCCCCCCCC)c(/C=C/c3ccc(/C=C/c4ccc(/C=C/C5=C=CC=C5)cc4)cc3)cc2OCCCCCCCC)cc(OCCCCCCCCCCCC)c1. The molecule has 0 radical (unpaired) electrons. The minimum atomic E-state index is -0.706. The molecule has 0 N–H and O–H groups in total. The third kappa shape index (κ3) is 8.42. The van der Waals surface area contributed by atoms with E-state index in [1.165, 1.54) is 195 Å². The third-order valence-electron chi connectivity index (χ3n) is 40.5. The fourth-order valence-electron chi connectivity index (χ4n) is 35.9. The first kappa shape index (κ1) is 78.5. The van der Waals surface area contributed by atoms with Crippen molar-refractivity contribution in [2.75, 3.05) is 33.0 Å². The molecular formula is C138H111NO4. The molecule has 32 aromatic rings. The minimum absolute atomic E-state index is 0.274. The van der Waals surface area contributed by atoms with Crippen molar-refractivity contribution in [2.45, 2.75) is 257 Å². The van der Waals surface area contributed by atoms with Crippen LogP contribution in [0.3, 0.4) is 0 Å². The van der Waals surface area contributed by atoms with Crippen molar-refractivity contribution in [1.82, 2.24) is 4.90 Å². The van der Waals surface area contributed by atoms with E-state index < -0.39 is 10.8 Å². The van der Waals surface area contributed by atoms with E-state index in [9.17, 15) is 0 Å². The smallest absolute Gasteiger partial charge is 0.127 e. The van der Waals surface area contributed by atoms with Crippen LogP contribution in [0.4, 0.5) is 0 Å². The van der Waals surface area contributed by atoms with Crippen LogP contribution >= 0.6 is 0 Å². The Morgan fingerprint density at radius 3 is 0.818 bits per heavy atom. The van der Waals surface area contributed by atoms with Gasteiger partial charge in [0.25, 0.3) is 0 Å². The van der Waals surface area contributed by atoms with Crippen molar-refractivity contribution < 1.29 is 18.9 Å². The quantitative estimate of drug-likeness (QED) is 0.0164.